The van der Waals surface area contributed by atoms with Gasteiger partial charge in [0.15, 0.2) is 0 Å². The maximum Gasteiger partial charge on any atom is 0.245 e. The van der Waals surface area contributed by atoms with Gasteiger partial charge in [0.1, 0.15) is 4.90 Å². The van der Waals surface area contributed by atoms with Gasteiger partial charge < -0.3 is 4.74 Å². The monoisotopic (exact) mass is 371 g/mol. The van der Waals surface area contributed by atoms with Crippen LogP contribution < -0.4 is 0 Å². The van der Waals surface area contributed by atoms with Crippen molar-refractivity contribution in [3.05, 3.63) is 27.7 Å². The molecule has 118 valence electrons. The van der Waals surface area contributed by atoms with Gasteiger partial charge in [-0.25, -0.2) is 8.42 Å². The second kappa shape index (κ2) is 6.22. The summed E-state index contributed by atoms with van der Waals surface area (Å²) in [6.07, 6.45) is 0. The van der Waals surface area contributed by atoms with E-state index in [0.29, 0.717) is 23.8 Å². The van der Waals surface area contributed by atoms with Gasteiger partial charge in [-0.15, -0.1) is 11.6 Å². The van der Waals surface area contributed by atoms with Gasteiger partial charge in [-0.05, 0) is 31.5 Å². The van der Waals surface area contributed by atoms with Crippen LogP contribution in [0.25, 0.3) is 0 Å². The highest BCUT2D eigenvalue weighted by molar-refractivity contribution is 7.89. The lowest BCUT2D eigenvalue weighted by Crippen LogP contribution is -2.55. The Morgan fingerprint density at radius 3 is 2.52 bits per heavy atom. The molecule has 0 aromatic heterocycles. The Bertz CT molecular complexity index is 646. The third-order valence-corrected chi connectivity index (χ3v) is 6.60. The third-order valence-electron chi connectivity index (χ3n) is 3.38. The molecule has 1 fully saturated rings. The summed E-state index contributed by atoms with van der Waals surface area (Å²) < 4.78 is 32.6. The van der Waals surface area contributed by atoms with Crippen LogP contribution in [0.4, 0.5) is 0 Å². The molecule has 0 amide bonds. The summed E-state index contributed by atoms with van der Waals surface area (Å²) >= 11 is 17.9. The lowest BCUT2D eigenvalue weighted by atomic mass is 10.1. The van der Waals surface area contributed by atoms with E-state index in [1.54, 1.807) is 0 Å². The molecular weight excluding hydrogens is 357 g/mol. The van der Waals surface area contributed by atoms with Crippen LogP contribution in [0.1, 0.15) is 19.4 Å². The summed E-state index contributed by atoms with van der Waals surface area (Å²) in [5.41, 5.74) is -0.103. The predicted octanol–water partition coefficient (Wildman–Crippen LogP) is 3.53. The van der Waals surface area contributed by atoms with E-state index in [2.05, 4.69) is 0 Å². The first kappa shape index (κ1) is 17.3. The number of ether oxygens (including phenoxy) is 1. The fourth-order valence-electron chi connectivity index (χ4n) is 2.28. The summed E-state index contributed by atoms with van der Waals surface area (Å²) in [6, 6.07) is 2.86. The zero-order chi connectivity index (χ0) is 15.8. The number of sulfonamides is 1. The standard InChI is InChI=1S/C13H16Cl3NO3S/c1-13(2)8-20-4-3-17(13)21(18,19)12-5-9(7-14)10(15)6-11(12)16/h5-6H,3-4,7-8H2,1-2H3. The Labute approximate surface area is 140 Å². The third kappa shape index (κ3) is 3.33. The molecule has 1 heterocycles. The first-order chi connectivity index (χ1) is 9.70. The van der Waals surface area contributed by atoms with Crippen LogP contribution in [-0.2, 0) is 20.6 Å². The molecule has 0 spiro atoms. The van der Waals surface area contributed by atoms with Gasteiger partial charge in [-0.3, -0.25) is 0 Å². The van der Waals surface area contributed by atoms with Crippen molar-refractivity contribution < 1.29 is 13.2 Å². The van der Waals surface area contributed by atoms with Gasteiger partial charge >= 0.3 is 0 Å². The zero-order valence-corrected chi connectivity index (χ0v) is 14.8. The van der Waals surface area contributed by atoms with Gasteiger partial charge in [0.05, 0.1) is 23.8 Å². The highest BCUT2D eigenvalue weighted by Gasteiger charge is 2.40. The minimum absolute atomic E-state index is 0.0270. The predicted molar refractivity (Wildman–Crippen MR) is 84.8 cm³/mol. The summed E-state index contributed by atoms with van der Waals surface area (Å²) in [4.78, 5) is 0.0270. The molecule has 0 atom stereocenters. The molecule has 1 aromatic carbocycles. The lowest BCUT2D eigenvalue weighted by Gasteiger charge is -2.40. The maximum absolute atomic E-state index is 12.9. The van der Waals surface area contributed by atoms with Crippen LogP contribution in [0.15, 0.2) is 17.0 Å². The molecule has 0 radical (unpaired) electrons. The molecule has 4 nitrogen and oxygen atoms in total. The SMILES string of the molecule is CC1(C)COCCN1S(=O)(=O)c1cc(CCl)c(Cl)cc1Cl. The number of hydrogen-bond donors (Lipinski definition) is 0. The van der Waals surface area contributed by atoms with E-state index < -0.39 is 15.6 Å². The number of hydrogen-bond acceptors (Lipinski definition) is 3. The number of benzene rings is 1. The van der Waals surface area contributed by atoms with Gasteiger partial charge in [0, 0.05) is 17.4 Å². The highest BCUT2D eigenvalue weighted by Crippen LogP contribution is 2.34. The molecule has 1 aliphatic heterocycles. The average molecular weight is 373 g/mol. The topological polar surface area (TPSA) is 46.6 Å². The number of rotatable bonds is 3. The zero-order valence-electron chi connectivity index (χ0n) is 11.7. The highest BCUT2D eigenvalue weighted by atomic mass is 35.5. The Morgan fingerprint density at radius 1 is 1.29 bits per heavy atom. The normalized spacial score (nSPS) is 19.7. The van der Waals surface area contributed by atoms with Crippen molar-refractivity contribution in [3.8, 4) is 0 Å². The number of alkyl halides is 1. The van der Waals surface area contributed by atoms with Crippen LogP contribution in [0.5, 0.6) is 0 Å². The van der Waals surface area contributed by atoms with Crippen molar-refractivity contribution in [2.75, 3.05) is 19.8 Å². The van der Waals surface area contributed by atoms with E-state index in [9.17, 15) is 8.42 Å². The van der Waals surface area contributed by atoms with Gasteiger partial charge in [0.25, 0.3) is 0 Å². The second-order valence-electron chi connectivity index (χ2n) is 5.45. The van der Waals surface area contributed by atoms with Crippen molar-refractivity contribution in [3.63, 3.8) is 0 Å². The summed E-state index contributed by atoms with van der Waals surface area (Å²) in [5.74, 6) is 0.116. The number of morpholine rings is 1. The Balaban J connectivity index is 2.54. The Hall–Kier alpha value is -0.0400. The van der Waals surface area contributed by atoms with Crippen molar-refractivity contribution in [2.24, 2.45) is 0 Å². The average Bonchev–Trinajstić information content (AvgIpc) is 2.37. The van der Waals surface area contributed by atoms with Gasteiger partial charge in [-0.2, -0.15) is 4.31 Å². The van der Waals surface area contributed by atoms with E-state index >= 15 is 0 Å². The minimum atomic E-state index is -3.75. The smallest absolute Gasteiger partial charge is 0.245 e. The fraction of sp³-hybridized carbons (Fsp3) is 0.538. The summed E-state index contributed by atoms with van der Waals surface area (Å²) in [6.45, 7) is 4.60. The van der Waals surface area contributed by atoms with Crippen LogP contribution in [0, 0.1) is 0 Å². The van der Waals surface area contributed by atoms with Crippen LogP contribution in [0.2, 0.25) is 10.0 Å². The summed E-state index contributed by atoms with van der Waals surface area (Å²) in [5, 5.41) is 0.450. The van der Waals surface area contributed by atoms with E-state index in [0.717, 1.165) is 0 Å². The van der Waals surface area contributed by atoms with E-state index in [1.807, 2.05) is 13.8 Å². The molecule has 1 aromatic rings. The van der Waals surface area contributed by atoms with Crippen LogP contribution in [0.3, 0.4) is 0 Å². The molecule has 0 bridgehead atoms. The lowest BCUT2D eigenvalue weighted by molar-refractivity contribution is -0.00770. The molecular formula is C13H16Cl3NO3S. The van der Waals surface area contributed by atoms with Crippen LogP contribution in [-0.4, -0.2) is 38.0 Å². The largest absolute Gasteiger partial charge is 0.378 e. The quantitative estimate of drug-likeness (QED) is 0.763. The Morgan fingerprint density at radius 2 is 1.95 bits per heavy atom. The molecule has 21 heavy (non-hydrogen) atoms. The molecule has 0 N–H and O–H groups in total. The van der Waals surface area contributed by atoms with Crippen molar-refractivity contribution in [1.82, 2.24) is 4.31 Å². The molecule has 8 heteroatoms. The van der Waals surface area contributed by atoms with E-state index in [1.165, 1.54) is 16.4 Å². The first-order valence-corrected chi connectivity index (χ1v) is 9.07. The fourth-order valence-corrected chi connectivity index (χ4v) is 5.16. The van der Waals surface area contributed by atoms with E-state index in [-0.39, 0.29) is 22.3 Å². The summed E-state index contributed by atoms with van der Waals surface area (Å²) in [7, 11) is -3.75. The van der Waals surface area contributed by atoms with E-state index in [4.69, 9.17) is 39.5 Å². The Kier molecular flexibility index (Phi) is 5.13. The number of halogens is 3. The first-order valence-electron chi connectivity index (χ1n) is 6.34. The molecule has 1 saturated heterocycles. The minimum Gasteiger partial charge on any atom is -0.378 e. The van der Waals surface area contributed by atoms with Crippen molar-refractivity contribution in [2.45, 2.75) is 30.2 Å². The second-order valence-corrected chi connectivity index (χ2v) is 8.36. The molecule has 0 unspecified atom stereocenters. The van der Waals surface area contributed by atoms with Gasteiger partial charge in [-0.1, -0.05) is 23.2 Å². The maximum atomic E-state index is 12.9. The molecule has 1 aliphatic rings. The van der Waals surface area contributed by atoms with Crippen LogP contribution >= 0.6 is 34.8 Å². The molecule has 0 saturated carbocycles. The van der Waals surface area contributed by atoms with Crippen molar-refractivity contribution >= 4 is 44.8 Å². The number of nitrogens with zero attached hydrogens (tertiary/aromatic N) is 1. The van der Waals surface area contributed by atoms with Crippen molar-refractivity contribution in [1.29, 1.82) is 0 Å². The van der Waals surface area contributed by atoms with Gasteiger partial charge in [0.2, 0.25) is 10.0 Å². The molecule has 2 rings (SSSR count). The molecule has 0 aliphatic carbocycles.